The third kappa shape index (κ3) is 12.1. The van der Waals surface area contributed by atoms with Gasteiger partial charge in [0.2, 0.25) is 0 Å². The fourth-order valence-electron chi connectivity index (χ4n) is 7.23. The van der Waals surface area contributed by atoms with Crippen molar-refractivity contribution in [1.82, 2.24) is 15.3 Å². The van der Waals surface area contributed by atoms with E-state index in [2.05, 4.69) is 25.8 Å². The number of aliphatic hydroxyl groups is 2. The van der Waals surface area contributed by atoms with E-state index < -0.39 is 30.2 Å². The van der Waals surface area contributed by atoms with Crippen molar-refractivity contribution in [2.24, 2.45) is 22.7 Å². The zero-order valence-electron chi connectivity index (χ0n) is 28.5. The summed E-state index contributed by atoms with van der Waals surface area (Å²) >= 11 is 0. The first kappa shape index (κ1) is 39.4. The smallest absolute Gasteiger partial charge is 0.390 e. The highest BCUT2D eigenvalue weighted by atomic mass is 19.4. The van der Waals surface area contributed by atoms with Crippen molar-refractivity contribution in [2.45, 2.75) is 120 Å². The fourth-order valence-corrected chi connectivity index (χ4v) is 7.23. The Balaban J connectivity index is 0.000000200. The van der Waals surface area contributed by atoms with E-state index in [4.69, 9.17) is 16.2 Å². The van der Waals surface area contributed by atoms with Gasteiger partial charge in [0.1, 0.15) is 18.0 Å². The standard InChI is InChI=1S/C19H27N3O5.C11H21N.C5H4F3N3/c23-16-7-9-27-17(18(16)24)11-20-19(25)13-4-5-15-12(10-13)2-1-3-14(22-15)6-8-21-26;12-11-7-5-10(6-8-11)9-3-1-2-4-9;6-5(7,8)3-1-10-2-4(9)11-3/h4-5,10,14,16-18,22-24H,1-3,6-9,11H2,(H,20,25);9-11H,1-8,12H2;1-2H,(H2,9,11). The lowest BCUT2D eigenvalue weighted by molar-refractivity contribution is -0.141. The van der Waals surface area contributed by atoms with E-state index in [9.17, 15) is 33.1 Å². The van der Waals surface area contributed by atoms with Crippen LogP contribution in [0.15, 0.2) is 35.8 Å². The van der Waals surface area contributed by atoms with Crippen LogP contribution >= 0.6 is 0 Å². The zero-order chi connectivity index (χ0) is 36.1. The number of aliphatic hydroxyl groups excluding tert-OH is 2. The summed E-state index contributed by atoms with van der Waals surface area (Å²) in [5, 5.41) is 28.8. The van der Waals surface area contributed by atoms with E-state index in [0.29, 0.717) is 43.8 Å². The molecule has 0 radical (unpaired) electrons. The summed E-state index contributed by atoms with van der Waals surface area (Å²) in [5.41, 5.74) is 12.4. The minimum absolute atomic E-state index is 0.146. The monoisotopic (exact) mass is 707 g/mol. The Morgan fingerprint density at radius 2 is 1.74 bits per heavy atom. The maximum atomic E-state index is 12.5. The van der Waals surface area contributed by atoms with Gasteiger partial charge in [0.05, 0.1) is 25.0 Å². The minimum Gasteiger partial charge on any atom is -0.390 e. The Labute approximate surface area is 291 Å². The molecule has 2 aromatic rings. The molecule has 0 spiro atoms. The molecule has 1 saturated heterocycles. The lowest BCUT2D eigenvalue weighted by atomic mass is 9.78. The summed E-state index contributed by atoms with van der Waals surface area (Å²) in [5.74, 6) is 1.66. The number of aryl methyl sites for hydroxylation is 1. The van der Waals surface area contributed by atoms with Gasteiger partial charge in [-0.25, -0.2) is 4.98 Å². The van der Waals surface area contributed by atoms with Gasteiger partial charge in [0.25, 0.3) is 5.91 Å². The number of nitrogens with two attached hydrogens (primary N) is 2. The minimum atomic E-state index is -4.47. The maximum absolute atomic E-state index is 12.5. The van der Waals surface area contributed by atoms with Crippen molar-refractivity contribution in [2.75, 3.05) is 30.7 Å². The van der Waals surface area contributed by atoms with Crippen LogP contribution in [0.25, 0.3) is 0 Å². The summed E-state index contributed by atoms with van der Waals surface area (Å²) in [6, 6.07) is 6.29. The van der Waals surface area contributed by atoms with Gasteiger partial charge in [-0.15, -0.1) is 0 Å². The summed E-state index contributed by atoms with van der Waals surface area (Å²) in [6.07, 6.45) is 10.1. The summed E-state index contributed by atoms with van der Waals surface area (Å²) in [6.45, 7) is 0.814. The highest BCUT2D eigenvalue weighted by Gasteiger charge is 2.33. The van der Waals surface area contributed by atoms with Crippen LogP contribution in [0, 0.1) is 16.7 Å². The van der Waals surface area contributed by atoms with E-state index in [0.717, 1.165) is 48.5 Å². The molecule has 2 aliphatic heterocycles. The molecule has 15 heteroatoms. The van der Waals surface area contributed by atoms with Gasteiger partial charge in [-0.3, -0.25) is 9.78 Å². The van der Waals surface area contributed by atoms with Crippen LogP contribution in [0.4, 0.5) is 24.7 Å². The molecule has 2 saturated carbocycles. The second-order valence-electron chi connectivity index (χ2n) is 13.8. The first-order valence-corrected chi connectivity index (χ1v) is 17.8. The predicted octanol–water partition coefficient (Wildman–Crippen LogP) is 4.97. The lowest BCUT2D eigenvalue weighted by Crippen LogP contribution is -2.49. The second kappa shape index (κ2) is 19.3. The van der Waals surface area contributed by atoms with Gasteiger partial charge in [0.15, 0.2) is 5.69 Å². The molecular weight excluding hydrogens is 655 g/mol. The van der Waals surface area contributed by atoms with Crippen LogP contribution in [0.2, 0.25) is 0 Å². The number of nitrogens with one attached hydrogen (secondary N) is 2. The van der Waals surface area contributed by atoms with Gasteiger partial charge >= 0.3 is 6.18 Å². The van der Waals surface area contributed by atoms with Gasteiger partial charge in [0, 0.05) is 36.5 Å². The SMILES string of the molecule is NC1CCC(C2CCCC2)CC1.Nc1cncc(C(F)(F)F)n1.O=NCCC1CCCc2cc(C(=O)NCC3OCCC(O)C3O)ccc2N1. The van der Waals surface area contributed by atoms with Crippen molar-refractivity contribution >= 4 is 17.4 Å². The van der Waals surface area contributed by atoms with Crippen molar-refractivity contribution in [3.63, 3.8) is 0 Å². The maximum Gasteiger partial charge on any atom is 0.434 e. The summed E-state index contributed by atoms with van der Waals surface area (Å²) < 4.78 is 40.9. The highest BCUT2D eigenvalue weighted by molar-refractivity contribution is 5.95. The second-order valence-corrected chi connectivity index (χ2v) is 13.8. The van der Waals surface area contributed by atoms with E-state index in [1.54, 1.807) is 6.07 Å². The molecule has 4 aliphatic rings. The van der Waals surface area contributed by atoms with Crippen LogP contribution in [0.3, 0.4) is 0 Å². The van der Waals surface area contributed by atoms with Crippen LogP contribution in [-0.2, 0) is 17.3 Å². The molecular formula is C35H52F3N7O5. The summed E-state index contributed by atoms with van der Waals surface area (Å²) in [4.78, 5) is 29.1. The molecule has 1 aromatic carbocycles. The highest BCUT2D eigenvalue weighted by Crippen LogP contribution is 2.39. The molecule has 4 unspecified atom stereocenters. The number of amides is 1. The quantitative estimate of drug-likeness (QED) is 0.214. The third-order valence-corrected chi connectivity index (χ3v) is 10.1. The molecule has 12 nitrogen and oxygen atoms in total. The molecule has 1 amide bonds. The number of ether oxygens (including phenoxy) is 1. The molecule has 2 aliphatic carbocycles. The Morgan fingerprint density at radius 3 is 2.40 bits per heavy atom. The Kier molecular flexibility index (Phi) is 15.2. The molecule has 6 rings (SSSR count). The normalized spacial score (nSPS) is 26.8. The lowest BCUT2D eigenvalue weighted by Gasteiger charge is -2.32. The number of hydrogen-bond donors (Lipinski definition) is 6. The molecule has 3 heterocycles. The number of halogens is 3. The molecule has 278 valence electrons. The number of anilines is 2. The number of alkyl halides is 3. The van der Waals surface area contributed by atoms with Crippen LogP contribution < -0.4 is 22.1 Å². The number of benzene rings is 1. The van der Waals surface area contributed by atoms with Crippen LogP contribution in [-0.4, -0.2) is 76.2 Å². The topological polar surface area (TPSA) is 198 Å². The van der Waals surface area contributed by atoms with Gasteiger partial charge < -0.3 is 37.1 Å². The fraction of sp³-hybridized carbons (Fsp3) is 0.686. The Hall–Kier alpha value is -3.40. The molecule has 1 aromatic heterocycles. The number of nitrogens with zero attached hydrogens (tertiary/aromatic N) is 3. The first-order chi connectivity index (χ1) is 23.9. The average molecular weight is 708 g/mol. The Morgan fingerprint density at radius 1 is 1.02 bits per heavy atom. The number of rotatable bonds is 7. The van der Waals surface area contributed by atoms with Gasteiger partial charge in [-0.1, -0.05) is 30.9 Å². The largest absolute Gasteiger partial charge is 0.434 e. The number of fused-ring (bicyclic) bond motifs is 1. The van der Waals surface area contributed by atoms with Crippen molar-refractivity contribution in [1.29, 1.82) is 0 Å². The molecule has 0 bridgehead atoms. The predicted molar refractivity (Wildman–Crippen MR) is 184 cm³/mol. The number of carbonyl (C=O) groups is 1. The van der Waals surface area contributed by atoms with E-state index in [1.165, 1.54) is 51.4 Å². The van der Waals surface area contributed by atoms with Gasteiger partial charge in [-0.2, -0.15) is 18.1 Å². The van der Waals surface area contributed by atoms with Crippen molar-refractivity contribution in [3.05, 3.63) is 52.3 Å². The van der Waals surface area contributed by atoms with Crippen LogP contribution in [0.1, 0.15) is 98.7 Å². The number of nitrogen functional groups attached to an aromatic ring is 1. The molecule has 3 fully saturated rings. The first-order valence-electron chi connectivity index (χ1n) is 17.8. The van der Waals surface area contributed by atoms with Crippen LogP contribution in [0.5, 0.6) is 0 Å². The van der Waals surface area contributed by atoms with E-state index in [1.807, 2.05) is 12.1 Å². The van der Waals surface area contributed by atoms with E-state index in [-0.39, 0.29) is 24.3 Å². The third-order valence-electron chi connectivity index (χ3n) is 10.1. The number of nitroso groups, excluding NO2 is 1. The van der Waals surface area contributed by atoms with E-state index >= 15 is 0 Å². The molecule has 50 heavy (non-hydrogen) atoms. The van der Waals surface area contributed by atoms with Gasteiger partial charge in [-0.05, 0) is 93.4 Å². The number of carbonyl (C=O) groups excluding carboxylic acids is 1. The Bertz CT molecular complexity index is 1360. The number of aromatic nitrogens is 2. The van der Waals surface area contributed by atoms with Crippen molar-refractivity contribution < 1.29 is 32.9 Å². The number of hydrogen-bond acceptors (Lipinski definition) is 11. The average Bonchev–Trinajstić information content (AvgIpc) is 3.56. The zero-order valence-corrected chi connectivity index (χ0v) is 28.5. The molecule has 8 N–H and O–H groups in total. The van der Waals surface area contributed by atoms with Crippen molar-refractivity contribution in [3.8, 4) is 0 Å². The molecule has 4 atom stereocenters. The summed E-state index contributed by atoms with van der Waals surface area (Å²) in [7, 11) is 0.